The normalized spacial score (nSPS) is 18.1. The Hall–Kier alpha value is -3.81. The second kappa shape index (κ2) is 9.59. The molecule has 2 aromatic carbocycles. The molecule has 2 heterocycles. The molecular formula is C26H29N5O3. The summed E-state index contributed by atoms with van der Waals surface area (Å²) in [6.07, 6.45) is 5.81. The second-order valence-corrected chi connectivity index (χ2v) is 9.09. The topological polar surface area (TPSA) is 104 Å². The Bertz CT molecular complexity index is 1210. The summed E-state index contributed by atoms with van der Waals surface area (Å²) < 4.78 is 1.94. The van der Waals surface area contributed by atoms with Crippen LogP contribution < -0.4 is 21.3 Å². The Morgan fingerprint density at radius 3 is 2.53 bits per heavy atom. The van der Waals surface area contributed by atoms with Gasteiger partial charge in [0.05, 0.1) is 6.04 Å². The number of benzene rings is 2. The third-order valence-electron chi connectivity index (χ3n) is 6.61. The Morgan fingerprint density at radius 1 is 0.941 bits per heavy atom. The molecule has 1 saturated carbocycles. The fourth-order valence-corrected chi connectivity index (χ4v) is 4.99. The van der Waals surface area contributed by atoms with Crippen LogP contribution in [0.2, 0.25) is 0 Å². The fraction of sp³-hybridized carbons (Fsp3) is 0.346. The van der Waals surface area contributed by atoms with Gasteiger partial charge in [-0.3, -0.25) is 9.59 Å². The predicted molar refractivity (Wildman–Crippen MR) is 132 cm³/mol. The van der Waals surface area contributed by atoms with E-state index < -0.39 is 0 Å². The van der Waals surface area contributed by atoms with Crippen molar-refractivity contribution in [3.63, 3.8) is 0 Å². The molecule has 1 atom stereocenters. The van der Waals surface area contributed by atoms with Crippen molar-refractivity contribution < 1.29 is 14.4 Å². The molecule has 4 N–H and O–H groups in total. The van der Waals surface area contributed by atoms with Crippen LogP contribution in [-0.4, -0.2) is 35.0 Å². The van der Waals surface area contributed by atoms with Gasteiger partial charge < -0.3 is 25.8 Å². The molecule has 1 fully saturated rings. The highest BCUT2D eigenvalue weighted by Crippen LogP contribution is 2.30. The number of hydrogen-bond acceptors (Lipinski definition) is 3. The summed E-state index contributed by atoms with van der Waals surface area (Å²) >= 11 is 0. The number of carbonyl (C=O) groups excluding carboxylic acids is 3. The Kier molecular flexibility index (Phi) is 6.20. The van der Waals surface area contributed by atoms with Gasteiger partial charge in [0.15, 0.2) is 0 Å². The van der Waals surface area contributed by atoms with Gasteiger partial charge in [0.25, 0.3) is 5.91 Å². The molecule has 0 spiro atoms. The van der Waals surface area contributed by atoms with Crippen LogP contribution in [0.4, 0.5) is 16.2 Å². The first-order valence-electron chi connectivity index (χ1n) is 11.9. The SMILES string of the molecule is O=C(CC1CNC(=O)c2cc3cc(NC(=O)NC4CCCCC4)ccc3n21)Nc1ccccc1. The average molecular weight is 460 g/mol. The van der Waals surface area contributed by atoms with E-state index in [1.165, 1.54) is 6.42 Å². The lowest BCUT2D eigenvalue weighted by Gasteiger charge is -2.27. The minimum Gasteiger partial charge on any atom is -0.349 e. The first-order chi connectivity index (χ1) is 16.6. The monoisotopic (exact) mass is 459 g/mol. The van der Waals surface area contributed by atoms with Crippen molar-refractivity contribution in [2.24, 2.45) is 0 Å². The summed E-state index contributed by atoms with van der Waals surface area (Å²) in [4.78, 5) is 37.7. The number of aromatic nitrogens is 1. The second-order valence-electron chi connectivity index (χ2n) is 9.09. The van der Waals surface area contributed by atoms with Crippen LogP contribution in [0, 0.1) is 0 Å². The Morgan fingerprint density at radius 2 is 1.74 bits per heavy atom. The predicted octanol–water partition coefficient (Wildman–Crippen LogP) is 4.41. The van der Waals surface area contributed by atoms with Gasteiger partial charge in [-0.15, -0.1) is 0 Å². The van der Waals surface area contributed by atoms with E-state index in [0.29, 0.717) is 17.9 Å². The molecule has 2 aliphatic rings. The maximum absolute atomic E-state index is 12.7. The molecule has 0 radical (unpaired) electrons. The van der Waals surface area contributed by atoms with Crippen LogP contribution in [-0.2, 0) is 4.79 Å². The number of hydrogen-bond donors (Lipinski definition) is 4. The van der Waals surface area contributed by atoms with Crippen molar-refractivity contribution in [2.75, 3.05) is 17.2 Å². The summed E-state index contributed by atoms with van der Waals surface area (Å²) in [5.74, 6) is -0.279. The lowest BCUT2D eigenvalue weighted by molar-refractivity contribution is -0.116. The van der Waals surface area contributed by atoms with Gasteiger partial charge in [0.2, 0.25) is 5.91 Å². The van der Waals surface area contributed by atoms with Crippen LogP contribution in [0.25, 0.3) is 10.9 Å². The van der Waals surface area contributed by atoms with Gasteiger partial charge >= 0.3 is 6.03 Å². The number of amides is 4. The van der Waals surface area contributed by atoms with Crippen LogP contribution in [0.1, 0.15) is 55.1 Å². The Balaban J connectivity index is 1.32. The molecule has 5 rings (SSSR count). The van der Waals surface area contributed by atoms with Gasteiger partial charge in [-0.05, 0) is 49.2 Å². The van der Waals surface area contributed by atoms with E-state index in [0.717, 1.165) is 42.3 Å². The van der Waals surface area contributed by atoms with E-state index in [1.807, 2.05) is 59.2 Å². The van der Waals surface area contributed by atoms with Crippen LogP contribution in [0.3, 0.4) is 0 Å². The molecule has 4 amide bonds. The van der Waals surface area contributed by atoms with E-state index in [1.54, 1.807) is 0 Å². The summed E-state index contributed by atoms with van der Waals surface area (Å²) in [5.41, 5.74) is 2.79. The highest BCUT2D eigenvalue weighted by Gasteiger charge is 2.29. The quantitative estimate of drug-likeness (QED) is 0.454. The van der Waals surface area contributed by atoms with Crippen molar-refractivity contribution in [3.8, 4) is 0 Å². The molecule has 1 aliphatic heterocycles. The zero-order valence-electron chi connectivity index (χ0n) is 19.0. The highest BCUT2D eigenvalue weighted by molar-refractivity contribution is 6.01. The van der Waals surface area contributed by atoms with E-state index in [-0.39, 0.29) is 36.3 Å². The van der Waals surface area contributed by atoms with E-state index in [9.17, 15) is 14.4 Å². The number of urea groups is 1. The molecule has 1 aliphatic carbocycles. The van der Waals surface area contributed by atoms with Gasteiger partial charge in [0.1, 0.15) is 5.69 Å². The number of para-hydroxylation sites is 1. The Labute approximate surface area is 198 Å². The molecule has 0 bridgehead atoms. The van der Waals surface area contributed by atoms with Crippen molar-refractivity contribution in [1.29, 1.82) is 0 Å². The molecule has 1 aromatic heterocycles. The summed E-state index contributed by atoms with van der Waals surface area (Å²) in [6, 6.07) is 16.6. The number of nitrogens with zero attached hydrogens (tertiary/aromatic N) is 1. The van der Waals surface area contributed by atoms with E-state index >= 15 is 0 Å². The molecule has 34 heavy (non-hydrogen) atoms. The molecule has 3 aromatic rings. The third kappa shape index (κ3) is 4.76. The van der Waals surface area contributed by atoms with Crippen molar-refractivity contribution in [1.82, 2.24) is 15.2 Å². The number of nitrogens with one attached hydrogen (secondary N) is 4. The molecule has 0 saturated heterocycles. The minimum absolute atomic E-state index is 0.113. The van der Waals surface area contributed by atoms with Crippen molar-refractivity contribution >= 4 is 40.1 Å². The van der Waals surface area contributed by atoms with E-state index in [2.05, 4.69) is 21.3 Å². The van der Waals surface area contributed by atoms with Gasteiger partial charge in [0, 0.05) is 41.3 Å². The summed E-state index contributed by atoms with van der Waals surface area (Å²) in [7, 11) is 0. The maximum atomic E-state index is 12.7. The number of rotatable bonds is 5. The van der Waals surface area contributed by atoms with Gasteiger partial charge in [-0.25, -0.2) is 4.79 Å². The fourth-order valence-electron chi connectivity index (χ4n) is 4.99. The van der Waals surface area contributed by atoms with Crippen molar-refractivity contribution in [3.05, 3.63) is 60.3 Å². The summed E-state index contributed by atoms with van der Waals surface area (Å²) in [6.45, 7) is 0.377. The lowest BCUT2D eigenvalue weighted by Crippen LogP contribution is -2.40. The highest BCUT2D eigenvalue weighted by atomic mass is 16.2. The molecule has 8 heteroatoms. The van der Waals surface area contributed by atoms with Crippen LogP contribution in [0.5, 0.6) is 0 Å². The van der Waals surface area contributed by atoms with Crippen LogP contribution >= 0.6 is 0 Å². The molecule has 8 nitrogen and oxygen atoms in total. The first kappa shape index (κ1) is 22.0. The number of fused-ring (bicyclic) bond motifs is 3. The number of anilines is 2. The first-order valence-corrected chi connectivity index (χ1v) is 11.9. The zero-order valence-corrected chi connectivity index (χ0v) is 19.0. The summed E-state index contributed by atoms with van der Waals surface area (Å²) in [5, 5.41) is 12.6. The van der Waals surface area contributed by atoms with E-state index in [4.69, 9.17) is 0 Å². The van der Waals surface area contributed by atoms with Crippen molar-refractivity contribution in [2.45, 2.75) is 50.6 Å². The molecule has 176 valence electrons. The smallest absolute Gasteiger partial charge is 0.319 e. The minimum atomic E-state index is -0.206. The lowest BCUT2D eigenvalue weighted by atomic mass is 9.96. The maximum Gasteiger partial charge on any atom is 0.319 e. The standard InChI is InChI=1S/C26H29N5O3/c32-24(28-18-7-3-1-4-8-18)15-21-16-27-25(33)23-14-17-13-20(11-12-22(17)31(21)23)30-26(34)29-19-9-5-2-6-10-19/h1,3-4,7-8,11-14,19,21H,2,5-6,9-10,15-16H2,(H,27,33)(H,28,32)(H2,29,30,34). The third-order valence-corrected chi connectivity index (χ3v) is 6.61. The van der Waals surface area contributed by atoms with Gasteiger partial charge in [-0.1, -0.05) is 37.5 Å². The van der Waals surface area contributed by atoms with Crippen LogP contribution in [0.15, 0.2) is 54.6 Å². The number of carbonyl (C=O) groups is 3. The molecule has 1 unspecified atom stereocenters. The average Bonchev–Trinajstić information content (AvgIpc) is 3.22. The zero-order chi connectivity index (χ0) is 23.5. The largest absolute Gasteiger partial charge is 0.349 e. The van der Waals surface area contributed by atoms with Gasteiger partial charge in [-0.2, -0.15) is 0 Å². The molecular weight excluding hydrogens is 430 g/mol.